The third kappa shape index (κ3) is 59.2. The molecular weight excluding hydrogens is 976 g/mol. The van der Waals surface area contributed by atoms with E-state index in [9.17, 15) is 19.0 Å². The highest BCUT2D eigenvalue weighted by Gasteiger charge is 2.30. The van der Waals surface area contributed by atoms with Gasteiger partial charge in [-0.25, -0.2) is 4.57 Å². The number of nitrogens with zero attached hydrogens (tertiary/aromatic N) is 1. The Morgan fingerprint density at radius 1 is 0.442 bits per heavy atom. The molecule has 0 aliphatic carbocycles. The first-order chi connectivity index (χ1) is 37.4. The smallest absolute Gasteiger partial charge is 0.456 e. The molecule has 0 aromatic heterocycles. The predicted molar refractivity (Wildman–Crippen MR) is 333 cm³/mol. The van der Waals surface area contributed by atoms with Gasteiger partial charge in [0.15, 0.2) is 0 Å². The Labute approximate surface area is 480 Å². The van der Waals surface area contributed by atoms with Gasteiger partial charge in [-0.3, -0.25) is 18.6 Å². The van der Waals surface area contributed by atoms with Crippen LogP contribution in [0.2, 0.25) is 0 Å². The Morgan fingerprint density at radius 3 is 1.06 bits per heavy atom. The van der Waals surface area contributed by atoms with Crippen LogP contribution in [0.4, 0.5) is 0 Å². The summed E-state index contributed by atoms with van der Waals surface area (Å²) >= 11 is 0. The van der Waals surface area contributed by atoms with Crippen LogP contribution in [0.25, 0.3) is 0 Å². The molecule has 0 spiro atoms. The van der Waals surface area contributed by atoms with Gasteiger partial charge in [-0.15, -0.1) is 0 Å². The number of hydrogen-bond acceptors (Lipinski definition) is 6. The van der Waals surface area contributed by atoms with Crippen molar-refractivity contribution >= 4 is 19.7 Å². The van der Waals surface area contributed by atoms with Crippen LogP contribution in [0, 0.1) is 0 Å². The minimum absolute atomic E-state index is 0.0459. The first-order valence-electron chi connectivity index (χ1n) is 34.0. The Morgan fingerprint density at radius 2 is 0.740 bits per heavy atom. The van der Waals surface area contributed by atoms with Gasteiger partial charge in [0.1, 0.15) is 19.3 Å². The molecule has 0 rings (SSSR count). The molecule has 458 valence electrons. The van der Waals surface area contributed by atoms with Crippen LogP contribution >= 0.6 is 7.82 Å². The highest BCUT2D eigenvalue weighted by Crippen LogP contribution is 2.43. The summed E-state index contributed by atoms with van der Waals surface area (Å²) < 4.78 is 30.8. The van der Waals surface area contributed by atoms with Gasteiger partial charge >= 0.3 is 13.8 Å². The zero-order chi connectivity index (χ0) is 56.4. The van der Waals surface area contributed by atoms with Crippen molar-refractivity contribution in [3.63, 3.8) is 0 Å². The van der Waals surface area contributed by atoms with Crippen LogP contribution in [0.1, 0.15) is 355 Å². The molecule has 0 aromatic rings. The number of esters is 1. The average molecular weight is 1110 g/mol. The first-order valence-corrected chi connectivity index (χ1v) is 35.5. The number of rotatable bonds is 63. The summed E-state index contributed by atoms with van der Waals surface area (Å²) in [6.07, 6.45) is 67.9. The van der Waals surface area contributed by atoms with E-state index < -0.39 is 20.0 Å². The SMILES string of the molecule is CCCCCCCCCCCC/C=C\C(OC(=O)CCCCCCCCCCCCCCCCCCCCCCCCC)C(COP(=O)(O)OCC[N+](C)(C)C)NC(=O)CCCCCCCCCCCCCCCCCC. The van der Waals surface area contributed by atoms with E-state index in [4.69, 9.17) is 13.8 Å². The maximum Gasteiger partial charge on any atom is 0.472 e. The molecule has 0 fully saturated rings. The van der Waals surface area contributed by atoms with Gasteiger partial charge in [0.2, 0.25) is 5.91 Å². The van der Waals surface area contributed by atoms with Crippen molar-refractivity contribution in [1.82, 2.24) is 5.32 Å². The van der Waals surface area contributed by atoms with Gasteiger partial charge in [0.05, 0.1) is 33.8 Å². The summed E-state index contributed by atoms with van der Waals surface area (Å²) in [5.41, 5.74) is 0. The van der Waals surface area contributed by atoms with E-state index >= 15 is 0 Å². The summed E-state index contributed by atoms with van der Waals surface area (Å²) in [5, 5.41) is 3.07. The van der Waals surface area contributed by atoms with Crippen molar-refractivity contribution in [2.75, 3.05) is 40.9 Å². The molecule has 3 atom stereocenters. The monoisotopic (exact) mass is 1110 g/mol. The molecule has 77 heavy (non-hydrogen) atoms. The number of carbonyl (C=O) groups excluding carboxylic acids is 2. The molecule has 10 heteroatoms. The van der Waals surface area contributed by atoms with Crippen LogP contribution in [0.15, 0.2) is 12.2 Å². The largest absolute Gasteiger partial charge is 0.472 e. The number of unbranched alkanes of at least 4 members (excludes halogenated alkanes) is 47. The second-order valence-corrected chi connectivity index (χ2v) is 26.2. The summed E-state index contributed by atoms with van der Waals surface area (Å²) in [5.74, 6) is -0.479. The number of carbonyl (C=O) groups is 2. The Kier molecular flexibility index (Phi) is 57.0. The second-order valence-electron chi connectivity index (χ2n) is 24.7. The molecule has 0 aliphatic heterocycles. The average Bonchev–Trinajstić information content (AvgIpc) is 3.39. The van der Waals surface area contributed by atoms with Gasteiger partial charge in [-0.05, 0) is 31.8 Å². The lowest BCUT2D eigenvalue weighted by atomic mass is 10.0. The minimum atomic E-state index is -4.44. The number of quaternary nitrogens is 1. The normalized spacial score (nSPS) is 13.6. The fourth-order valence-electron chi connectivity index (χ4n) is 10.5. The number of phosphoric ester groups is 1. The number of allylic oxidation sites excluding steroid dienone is 1. The van der Waals surface area contributed by atoms with Gasteiger partial charge in [-0.1, -0.05) is 322 Å². The highest BCUT2D eigenvalue weighted by molar-refractivity contribution is 7.47. The number of likely N-dealkylation sites (N-methyl/N-ethyl adjacent to an activating group) is 1. The maximum absolute atomic E-state index is 13.6. The third-order valence-electron chi connectivity index (χ3n) is 15.7. The Bertz CT molecular complexity index is 1320. The third-order valence-corrected chi connectivity index (χ3v) is 16.7. The van der Waals surface area contributed by atoms with Crippen molar-refractivity contribution in [2.45, 2.75) is 367 Å². The number of nitrogens with one attached hydrogen (secondary N) is 1. The van der Waals surface area contributed by atoms with E-state index in [0.717, 1.165) is 57.8 Å². The van der Waals surface area contributed by atoms with E-state index in [1.165, 1.54) is 263 Å². The second kappa shape index (κ2) is 58.0. The molecule has 0 saturated heterocycles. The standard InChI is InChI=1S/C67H133N2O7P/c1-7-10-13-16-19-22-25-28-30-32-33-34-35-36-37-38-40-42-45-48-51-54-57-60-67(71)76-65(58-55-52-49-46-43-27-24-21-18-15-12-9-3)64(63-75-77(72,73)74-62-61-69(4,5)6)68-66(70)59-56-53-50-47-44-41-39-31-29-26-23-20-17-14-11-8-2/h55,58,64-65H,7-54,56-57,59-63H2,1-6H3,(H-,68,70,72,73)/p+1/b58-55-. The summed E-state index contributed by atoms with van der Waals surface area (Å²) in [6.45, 7) is 7.08. The molecule has 0 bridgehead atoms. The van der Waals surface area contributed by atoms with E-state index in [1.54, 1.807) is 0 Å². The quantitative estimate of drug-likeness (QED) is 0.0205. The Balaban J connectivity index is 5.06. The summed E-state index contributed by atoms with van der Waals surface area (Å²) in [7, 11) is 1.52. The molecule has 9 nitrogen and oxygen atoms in total. The van der Waals surface area contributed by atoms with Gasteiger partial charge in [-0.2, -0.15) is 0 Å². The molecule has 0 radical (unpaired) electrons. The number of amides is 1. The van der Waals surface area contributed by atoms with Crippen LogP contribution < -0.4 is 5.32 Å². The summed E-state index contributed by atoms with van der Waals surface area (Å²) in [4.78, 5) is 37.8. The van der Waals surface area contributed by atoms with Gasteiger partial charge in [0.25, 0.3) is 0 Å². The molecule has 1 amide bonds. The lowest BCUT2D eigenvalue weighted by molar-refractivity contribution is -0.870. The van der Waals surface area contributed by atoms with E-state index in [2.05, 4.69) is 26.1 Å². The van der Waals surface area contributed by atoms with Crippen molar-refractivity contribution in [3.05, 3.63) is 12.2 Å². The molecule has 0 heterocycles. The van der Waals surface area contributed by atoms with Crippen molar-refractivity contribution < 1.29 is 37.3 Å². The number of phosphoric acid groups is 1. The van der Waals surface area contributed by atoms with Gasteiger partial charge < -0.3 is 19.4 Å². The fourth-order valence-corrected chi connectivity index (χ4v) is 11.2. The molecular formula is C67H134N2O7P+. The molecule has 2 N–H and O–H groups in total. The van der Waals surface area contributed by atoms with Crippen LogP contribution in [-0.4, -0.2) is 74.3 Å². The minimum Gasteiger partial charge on any atom is -0.456 e. The number of ether oxygens (including phenoxy) is 1. The van der Waals surface area contributed by atoms with Crippen molar-refractivity contribution in [3.8, 4) is 0 Å². The zero-order valence-electron chi connectivity index (χ0n) is 52.5. The Hall–Kier alpha value is -1.25. The van der Waals surface area contributed by atoms with Crippen LogP contribution in [0.5, 0.6) is 0 Å². The predicted octanol–water partition coefficient (Wildman–Crippen LogP) is 21.1. The topological polar surface area (TPSA) is 111 Å². The van der Waals surface area contributed by atoms with E-state index in [0.29, 0.717) is 23.9 Å². The molecule has 0 aliphatic rings. The molecule has 0 aromatic carbocycles. The molecule has 0 saturated carbocycles. The number of hydrogen-bond donors (Lipinski definition) is 2. The molecule has 3 unspecified atom stereocenters. The lowest BCUT2D eigenvalue weighted by Crippen LogP contribution is -2.47. The van der Waals surface area contributed by atoms with E-state index in [-0.39, 0.29) is 25.1 Å². The lowest BCUT2D eigenvalue weighted by Gasteiger charge is -2.27. The van der Waals surface area contributed by atoms with Gasteiger partial charge in [0, 0.05) is 12.8 Å². The summed E-state index contributed by atoms with van der Waals surface area (Å²) in [6, 6.07) is -0.840. The van der Waals surface area contributed by atoms with E-state index in [1.807, 2.05) is 33.3 Å². The maximum atomic E-state index is 13.6. The zero-order valence-corrected chi connectivity index (χ0v) is 53.4. The van der Waals surface area contributed by atoms with Crippen LogP contribution in [0.3, 0.4) is 0 Å². The first kappa shape index (κ1) is 75.8. The fraction of sp³-hybridized carbons (Fsp3) is 0.940. The highest BCUT2D eigenvalue weighted by atomic mass is 31.2. The van der Waals surface area contributed by atoms with Crippen molar-refractivity contribution in [1.29, 1.82) is 0 Å². The van der Waals surface area contributed by atoms with Crippen LogP contribution in [-0.2, 0) is 27.9 Å². The van der Waals surface area contributed by atoms with Crippen molar-refractivity contribution in [2.24, 2.45) is 0 Å².